The Labute approximate surface area is 461 Å². The summed E-state index contributed by atoms with van der Waals surface area (Å²) in [6.07, 6.45) is 9.17. The average Bonchev–Trinajstić information content (AvgIpc) is 4.30. The first-order valence-corrected chi connectivity index (χ1v) is 26.5. The smallest absolute Gasteiger partial charge is 0.259 e. The van der Waals surface area contributed by atoms with Crippen molar-refractivity contribution in [2.24, 2.45) is 33.0 Å². The fraction of sp³-hybridized carbons (Fsp3) is 0.300. The van der Waals surface area contributed by atoms with Crippen LogP contribution >= 0.6 is 23.2 Å². The second-order valence-electron chi connectivity index (χ2n) is 20.7. The minimum Gasteiger partial charge on any atom is -0.322 e. The van der Waals surface area contributed by atoms with Crippen LogP contribution in [0.25, 0.3) is 22.3 Å². The highest BCUT2D eigenvalue weighted by atomic mass is 35.5. The number of anilines is 3. The van der Waals surface area contributed by atoms with Crippen LogP contribution in [0, 0.1) is 35.1 Å². The number of aryl methyl sites for hydroxylation is 3. The molecule has 2 unspecified atom stereocenters. The molecule has 0 radical (unpaired) electrons. The number of rotatable bonds is 13. The molecule has 0 saturated heterocycles. The number of amides is 3. The van der Waals surface area contributed by atoms with E-state index in [1.165, 1.54) is 43.0 Å². The molecule has 8 aromatic rings. The van der Waals surface area contributed by atoms with E-state index in [0.717, 1.165) is 35.3 Å². The van der Waals surface area contributed by atoms with Crippen molar-refractivity contribution in [1.82, 2.24) is 29.3 Å². The molecular weight excluding hydrogens is 1040 g/mol. The molecule has 406 valence electrons. The molecular formula is C60H61Cl2F4N9O3. The normalized spacial score (nSPS) is 14.6. The molecule has 0 spiro atoms. The third kappa shape index (κ3) is 13.2. The zero-order valence-corrected chi connectivity index (χ0v) is 46.2. The molecule has 18 heteroatoms. The Hall–Kier alpha value is -7.56. The second-order valence-corrected chi connectivity index (χ2v) is 21.5. The van der Waals surface area contributed by atoms with Crippen molar-refractivity contribution in [3.05, 3.63) is 188 Å². The molecule has 2 atom stereocenters. The number of carbonyl (C=O) groups excluding carboxylic acids is 3. The molecule has 2 aliphatic carbocycles. The van der Waals surface area contributed by atoms with Gasteiger partial charge in [-0.1, -0.05) is 107 Å². The van der Waals surface area contributed by atoms with E-state index in [9.17, 15) is 31.9 Å². The van der Waals surface area contributed by atoms with E-state index in [4.69, 9.17) is 23.2 Å². The molecule has 0 bridgehead atoms. The summed E-state index contributed by atoms with van der Waals surface area (Å²) >= 11 is 12.1. The van der Waals surface area contributed by atoms with Crippen LogP contribution in [0.15, 0.2) is 116 Å². The van der Waals surface area contributed by atoms with E-state index in [2.05, 4.69) is 57.2 Å². The van der Waals surface area contributed by atoms with Gasteiger partial charge in [0.25, 0.3) is 17.7 Å². The average molecular weight is 1100 g/mol. The van der Waals surface area contributed by atoms with E-state index in [1.54, 1.807) is 83.0 Å². The molecule has 10 rings (SSSR count). The number of hydrogen-bond acceptors (Lipinski definition) is 6. The van der Waals surface area contributed by atoms with Crippen molar-refractivity contribution in [2.45, 2.75) is 84.5 Å². The number of nitrogens with zero attached hydrogens (tertiary/aromatic N) is 6. The zero-order chi connectivity index (χ0) is 56.3. The summed E-state index contributed by atoms with van der Waals surface area (Å²) < 4.78 is 59.2. The van der Waals surface area contributed by atoms with Crippen LogP contribution in [0.3, 0.4) is 0 Å². The van der Waals surface area contributed by atoms with Crippen LogP contribution in [0.1, 0.15) is 138 Å². The quantitative estimate of drug-likeness (QED) is 0.0776. The van der Waals surface area contributed by atoms with E-state index >= 15 is 0 Å². The lowest BCUT2D eigenvalue weighted by atomic mass is 10.0. The van der Waals surface area contributed by atoms with Crippen LogP contribution in [0.2, 0.25) is 10.0 Å². The first kappa shape index (κ1) is 56.6. The Morgan fingerprint density at radius 1 is 0.538 bits per heavy atom. The van der Waals surface area contributed by atoms with Crippen molar-refractivity contribution in [3.63, 3.8) is 0 Å². The first-order valence-electron chi connectivity index (χ1n) is 25.7. The fourth-order valence-electron chi connectivity index (χ4n) is 9.52. The maximum Gasteiger partial charge on any atom is 0.259 e. The van der Waals surface area contributed by atoms with E-state index in [0.29, 0.717) is 72.1 Å². The predicted molar refractivity (Wildman–Crippen MR) is 299 cm³/mol. The molecule has 2 saturated carbocycles. The number of nitrogens with one attached hydrogen (secondary N) is 3. The monoisotopic (exact) mass is 1100 g/mol. The van der Waals surface area contributed by atoms with Gasteiger partial charge in [-0.25, -0.2) is 17.6 Å². The number of para-hydroxylation sites is 2. The Kier molecular flexibility index (Phi) is 17.4. The van der Waals surface area contributed by atoms with Gasteiger partial charge >= 0.3 is 0 Å². The van der Waals surface area contributed by atoms with E-state index < -0.39 is 23.3 Å². The van der Waals surface area contributed by atoms with Gasteiger partial charge < -0.3 is 16.0 Å². The van der Waals surface area contributed by atoms with Crippen LogP contribution < -0.4 is 16.0 Å². The summed E-state index contributed by atoms with van der Waals surface area (Å²) in [4.78, 5) is 38.4. The van der Waals surface area contributed by atoms with Gasteiger partial charge in [0.2, 0.25) is 0 Å². The van der Waals surface area contributed by atoms with Crippen molar-refractivity contribution in [1.29, 1.82) is 0 Å². The third-order valence-electron chi connectivity index (χ3n) is 13.6. The van der Waals surface area contributed by atoms with Gasteiger partial charge in [-0.3, -0.25) is 28.4 Å². The Morgan fingerprint density at radius 3 is 1.49 bits per heavy atom. The maximum absolute atomic E-state index is 13.9. The van der Waals surface area contributed by atoms with Crippen molar-refractivity contribution in [3.8, 4) is 22.3 Å². The van der Waals surface area contributed by atoms with Crippen molar-refractivity contribution < 1.29 is 31.9 Å². The Morgan fingerprint density at radius 2 is 1.00 bits per heavy atom. The fourth-order valence-corrected chi connectivity index (χ4v) is 9.82. The largest absolute Gasteiger partial charge is 0.322 e. The van der Waals surface area contributed by atoms with Crippen LogP contribution in [0.5, 0.6) is 0 Å². The number of carbonyl (C=O) groups is 3. The standard InChI is InChI=1S/C20H18Cl2FN3O.C20H18F3N3O.C20H25N3O/c1-11(2)19-15(10-26(3)25-19)20(27)24-18-7-5-13(23)9-14(18)12-4-6-16(21)17(22)8-12;1-11(2)19-14(10-26(3)25-19)20(27)24-17-7-5-4-6-13(17)12-8-15(21)18(23)16(22)9-12;1-12(2)19-17(11-23(3)22-19)20(24)21-18-7-5-4-6-14(18)16-10-15(16)13-8-9-13/h2*4-11H,1-3H3,(H,24,27);4-7,11-13,15-16H,8-10H2,1-3H3,(H,21,24). The Bertz CT molecular complexity index is 3510. The molecule has 78 heavy (non-hydrogen) atoms. The van der Waals surface area contributed by atoms with Gasteiger partial charge in [-0.15, -0.1) is 0 Å². The van der Waals surface area contributed by atoms with E-state index in [1.807, 2.05) is 53.1 Å². The summed E-state index contributed by atoms with van der Waals surface area (Å²) in [5.41, 5.74) is 8.53. The zero-order valence-electron chi connectivity index (χ0n) is 44.7. The molecule has 3 aromatic heterocycles. The predicted octanol–water partition coefficient (Wildman–Crippen LogP) is 15.1. The summed E-state index contributed by atoms with van der Waals surface area (Å²) in [7, 11) is 5.35. The molecule has 2 aliphatic rings. The highest BCUT2D eigenvalue weighted by molar-refractivity contribution is 6.42. The number of aromatic nitrogens is 6. The molecule has 0 aliphatic heterocycles. The second kappa shape index (κ2) is 24.0. The van der Waals surface area contributed by atoms with Gasteiger partial charge in [0, 0.05) is 67.9 Å². The minimum atomic E-state index is -1.53. The molecule has 3 N–H and O–H groups in total. The lowest BCUT2D eigenvalue weighted by Crippen LogP contribution is -2.15. The minimum absolute atomic E-state index is 0.0440. The summed E-state index contributed by atoms with van der Waals surface area (Å²) in [6.45, 7) is 11.9. The molecule has 12 nitrogen and oxygen atoms in total. The van der Waals surface area contributed by atoms with Crippen molar-refractivity contribution in [2.75, 3.05) is 16.0 Å². The Balaban J connectivity index is 0.000000155. The highest BCUT2D eigenvalue weighted by Gasteiger charge is 2.48. The van der Waals surface area contributed by atoms with E-state index in [-0.39, 0.29) is 41.0 Å². The molecule has 3 heterocycles. The number of hydrogen-bond donors (Lipinski definition) is 3. The molecule has 5 aromatic carbocycles. The van der Waals surface area contributed by atoms with Gasteiger partial charge in [0.15, 0.2) is 17.5 Å². The first-order chi connectivity index (χ1) is 37.1. The van der Waals surface area contributed by atoms with Crippen LogP contribution in [0.4, 0.5) is 34.6 Å². The number of benzene rings is 5. The van der Waals surface area contributed by atoms with Crippen LogP contribution in [-0.2, 0) is 21.1 Å². The molecule has 2 fully saturated rings. The topological polar surface area (TPSA) is 141 Å². The summed E-state index contributed by atoms with van der Waals surface area (Å²) in [5.74, 6) is -2.51. The maximum atomic E-state index is 13.9. The van der Waals surface area contributed by atoms with Gasteiger partial charge in [-0.05, 0) is 126 Å². The van der Waals surface area contributed by atoms with Gasteiger partial charge in [0.1, 0.15) is 5.82 Å². The van der Waals surface area contributed by atoms with Gasteiger partial charge in [-0.2, -0.15) is 15.3 Å². The van der Waals surface area contributed by atoms with Crippen molar-refractivity contribution >= 4 is 58.0 Å². The van der Waals surface area contributed by atoms with Crippen LogP contribution in [-0.4, -0.2) is 47.1 Å². The third-order valence-corrected chi connectivity index (χ3v) is 14.3. The number of halogens is 6. The SMILES string of the molecule is CC(C)c1nn(C)cc1C(=O)Nc1ccc(F)cc1-c1ccc(Cl)c(Cl)c1.CC(C)c1nn(C)cc1C(=O)Nc1ccccc1-c1cc(F)c(F)c(F)c1.CC(C)c1nn(C)cc1C(=O)Nc1ccccc1C1CC1C1CC1. The summed E-state index contributed by atoms with van der Waals surface area (Å²) in [5, 5.41) is 22.6. The van der Waals surface area contributed by atoms with Gasteiger partial charge in [0.05, 0.1) is 43.8 Å². The summed E-state index contributed by atoms with van der Waals surface area (Å²) in [6, 6.07) is 25.8. The lowest BCUT2D eigenvalue weighted by Gasteiger charge is -2.13. The lowest BCUT2D eigenvalue weighted by molar-refractivity contribution is 0.101. The molecule has 3 amide bonds. The highest BCUT2D eigenvalue weighted by Crippen LogP contribution is 2.60.